The minimum absolute atomic E-state index is 0.425. The number of nitrogens with zero attached hydrogens (tertiary/aromatic N) is 1. The normalized spacial score (nSPS) is 26.9. The van der Waals surface area contributed by atoms with Crippen molar-refractivity contribution in [3.05, 3.63) is 11.6 Å². The van der Waals surface area contributed by atoms with E-state index < -0.39 is 0 Å². The zero-order valence-corrected chi connectivity index (χ0v) is 7.94. The summed E-state index contributed by atoms with van der Waals surface area (Å²) in [4.78, 5) is 4.27. The second-order valence-electron chi connectivity index (χ2n) is 4.10. The molecular weight excluding hydrogens is 134 g/mol. The molecule has 1 aliphatic carbocycles. The Bertz CT molecular complexity index is 209. The molecule has 0 radical (unpaired) electrons. The Balaban J connectivity index is 2.86. The van der Waals surface area contributed by atoms with Gasteiger partial charge in [0.25, 0.3) is 0 Å². The summed E-state index contributed by atoms with van der Waals surface area (Å²) in [6, 6.07) is 0. The van der Waals surface area contributed by atoms with Crippen molar-refractivity contribution in [2.45, 2.75) is 33.6 Å². The first-order valence-electron chi connectivity index (χ1n) is 4.18. The van der Waals surface area contributed by atoms with E-state index in [1.807, 2.05) is 7.05 Å². The van der Waals surface area contributed by atoms with Crippen LogP contribution >= 0.6 is 0 Å². The Morgan fingerprint density at radius 1 is 1.45 bits per heavy atom. The van der Waals surface area contributed by atoms with Gasteiger partial charge in [-0.05, 0) is 30.8 Å². The average Bonchev–Trinajstić information content (AvgIpc) is 1.94. The van der Waals surface area contributed by atoms with Crippen LogP contribution in [0.1, 0.15) is 33.6 Å². The smallest absolute Gasteiger partial charge is 0.0376 e. The number of hydrogen-bond donors (Lipinski definition) is 0. The Labute approximate surface area is 69.2 Å². The quantitative estimate of drug-likeness (QED) is 0.505. The maximum atomic E-state index is 4.27. The molecule has 0 aromatic rings. The molecule has 0 aromatic heterocycles. The van der Waals surface area contributed by atoms with Crippen molar-refractivity contribution in [2.24, 2.45) is 10.4 Å². The van der Waals surface area contributed by atoms with Crippen molar-refractivity contribution < 1.29 is 0 Å². The first kappa shape index (κ1) is 8.51. The van der Waals surface area contributed by atoms with Crippen molar-refractivity contribution in [3.63, 3.8) is 0 Å². The second-order valence-corrected chi connectivity index (χ2v) is 4.10. The molecule has 0 fully saturated rings. The van der Waals surface area contributed by atoms with E-state index in [1.54, 1.807) is 0 Å². The molecule has 0 heterocycles. The maximum absolute atomic E-state index is 4.27. The van der Waals surface area contributed by atoms with Gasteiger partial charge in [-0.1, -0.05) is 19.9 Å². The highest BCUT2D eigenvalue weighted by Gasteiger charge is 2.23. The number of hydrogen-bond acceptors (Lipinski definition) is 1. The van der Waals surface area contributed by atoms with Gasteiger partial charge in [-0.2, -0.15) is 0 Å². The Morgan fingerprint density at radius 3 is 2.55 bits per heavy atom. The van der Waals surface area contributed by atoms with E-state index in [4.69, 9.17) is 0 Å². The monoisotopic (exact) mass is 151 g/mol. The standard InChI is InChI=1S/C10H17N/c1-8-5-6-10(2,3)7-9(8)11-4/h5H,6-7H2,1-4H3. The van der Waals surface area contributed by atoms with Crippen molar-refractivity contribution in [1.29, 1.82) is 0 Å². The third-order valence-corrected chi connectivity index (χ3v) is 2.33. The molecule has 1 aliphatic rings. The van der Waals surface area contributed by atoms with Gasteiger partial charge in [-0.3, -0.25) is 4.99 Å². The van der Waals surface area contributed by atoms with E-state index >= 15 is 0 Å². The Hall–Kier alpha value is -0.590. The molecule has 0 amide bonds. The highest BCUT2D eigenvalue weighted by Crippen LogP contribution is 2.32. The Morgan fingerprint density at radius 2 is 2.09 bits per heavy atom. The SMILES string of the molecule is CN=C1CC(C)(C)CC=C1C. The molecule has 0 saturated heterocycles. The number of aliphatic imine (C=N–C) groups is 1. The summed E-state index contributed by atoms with van der Waals surface area (Å²) < 4.78 is 0. The number of allylic oxidation sites excluding steroid dienone is 2. The first-order chi connectivity index (χ1) is 5.05. The lowest BCUT2D eigenvalue weighted by molar-refractivity contribution is 0.382. The van der Waals surface area contributed by atoms with E-state index in [9.17, 15) is 0 Å². The molecule has 1 heteroatoms. The zero-order chi connectivity index (χ0) is 8.48. The molecule has 1 nitrogen and oxygen atoms in total. The molecule has 11 heavy (non-hydrogen) atoms. The third kappa shape index (κ3) is 1.92. The molecule has 0 atom stereocenters. The summed E-state index contributed by atoms with van der Waals surface area (Å²) in [7, 11) is 1.88. The van der Waals surface area contributed by atoms with Crippen molar-refractivity contribution in [1.82, 2.24) is 0 Å². The minimum Gasteiger partial charge on any atom is -0.293 e. The van der Waals surface area contributed by atoms with Gasteiger partial charge in [-0.25, -0.2) is 0 Å². The molecule has 0 aliphatic heterocycles. The minimum atomic E-state index is 0.425. The van der Waals surface area contributed by atoms with Crippen LogP contribution in [-0.2, 0) is 0 Å². The summed E-state index contributed by atoms with van der Waals surface area (Å²) in [5, 5.41) is 0. The molecule has 0 unspecified atom stereocenters. The fourth-order valence-corrected chi connectivity index (χ4v) is 1.47. The highest BCUT2D eigenvalue weighted by molar-refractivity contribution is 6.00. The number of rotatable bonds is 0. The van der Waals surface area contributed by atoms with E-state index in [2.05, 4.69) is 31.8 Å². The summed E-state index contributed by atoms with van der Waals surface area (Å²) in [5.74, 6) is 0. The van der Waals surface area contributed by atoms with E-state index in [1.165, 1.54) is 17.7 Å². The van der Waals surface area contributed by atoms with Crippen molar-refractivity contribution in [2.75, 3.05) is 7.05 Å². The molecular formula is C10H17N. The summed E-state index contributed by atoms with van der Waals surface area (Å²) in [5.41, 5.74) is 3.07. The fourth-order valence-electron chi connectivity index (χ4n) is 1.47. The van der Waals surface area contributed by atoms with Gasteiger partial charge in [-0.15, -0.1) is 0 Å². The highest BCUT2D eigenvalue weighted by atomic mass is 14.7. The molecule has 0 aromatic carbocycles. The van der Waals surface area contributed by atoms with Crippen LogP contribution in [0.25, 0.3) is 0 Å². The van der Waals surface area contributed by atoms with Crippen molar-refractivity contribution in [3.8, 4) is 0 Å². The average molecular weight is 151 g/mol. The zero-order valence-electron chi connectivity index (χ0n) is 7.94. The van der Waals surface area contributed by atoms with Crippen LogP contribution in [0.4, 0.5) is 0 Å². The fraction of sp³-hybridized carbons (Fsp3) is 0.700. The predicted octanol–water partition coefficient (Wildman–Crippen LogP) is 2.82. The maximum Gasteiger partial charge on any atom is 0.0376 e. The van der Waals surface area contributed by atoms with Gasteiger partial charge in [0.2, 0.25) is 0 Å². The second kappa shape index (κ2) is 2.80. The van der Waals surface area contributed by atoms with Gasteiger partial charge < -0.3 is 0 Å². The van der Waals surface area contributed by atoms with Crippen molar-refractivity contribution >= 4 is 5.71 Å². The van der Waals surface area contributed by atoms with Gasteiger partial charge in [0.15, 0.2) is 0 Å². The van der Waals surface area contributed by atoms with E-state index in [-0.39, 0.29) is 0 Å². The van der Waals surface area contributed by atoms with Crippen LogP contribution in [0.2, 0.25) is 0 Å². The lowest BCUT2D eigenvalue weighted by Crippen LogP contribution is -2.21. The molecule has 0 saturated carbocycles. The van der Waals surface area contributed by atoms with Crippen LogP contribution in [0.5, 0.6) is 0 Å². The van der Waals surface area contributed by atoms with Crippen LogP contribution < -0.4 is 0 Å². The molecule has 0 bridgehead atoms. The van der Waals surface area contributed by atoms with Gasteiger partial charge in [0, 0.05) is 12.8 Å². The summed E-state index contributed by atoms with van der Waals surface area (Å²) >= 11 is 0. The third-order valence-electron chi connectivity index (χ3n) is 2.33. The molecule has 0 spiro atoms. The van der Waals surface area contributed by atoms with Crippen LogP contribution in [-0.4, -0.2) is 12.8 Å². The lowest BCUT2D eigenvalue weighted by atomic mass is 9.77. The lowest BCUT2D eigenvalue weighted by Gasteiger charge is -2.28. The molecule has 62 valence electrons. The molecule has 1 rings (SSSR count). The van der Waals surface area contributed by atoms with Crippen LogP contribution in [0, 0.1) is 5.41 Å². The Kier molecular flexibility index (Phi) is 2.17. The van der Waals surface area contributed by atoms with Gasteiger partial charge >= 0.3 is 0 Å². The summed E-state index contributed by atoms with van der Waals surface area (Å²) in [6.45, 7) is 6.74. The topological polar surface area (TPSA) is 12.4 Å². The largest absolute Gasteiger partial charge is 0.293 e. The molecule has 0 N–H and O–H groups in total. The van der Waals surface area contributed by atoms with E-state index in [0.29, 0.717) is 5.41 Å². The van der Waals surface area contributed by atoms with Crippen LogP contribution in [0.3, 0.4) is 0 Å². The summed E-state index contributed by atoms with van der Waals surface area (Å²) in [6.07, 6.45) is 4.62. The first-order valence-corrected chi connectivity index (χ1v) is 4.18. The predicted molar refractivity (Wildman–Crippen MR) is 50.1 cm³/mol. The van der Waals surface area contributed by atoms with Gasteiger partial charge in [0.1, 0.15) is 0 Å². The van der Waals surface area contributed by atoms with Gasteiger partial charge in [0.05, 0.1) is 0 Å². The van der Waals surface area contributed by atoms with Crippen LogP contribution in [0.15, 0.2) is 16.6 Å². The van der Waals surface area contributed by atoms with E-state index in [0.717, 1.165) is 6.42 Å².